The predicted octanol–water partition coefficient (Wildman–Crippen LogP) is 3.51. The minimum atomic E-state index is -0.0970. The van der Waals surface area contributed by atoms with Crippen LogP contribution in [0.4, 0.5) is 0 Å². The molecule has 18 heavy (non-hydrogen) atoms. The summed E-state index contributed by atoms with van der Waals surface area (Å²) >= 11 is 0. The van der Waals surface area contributed by atoms with E-state index in [1.807, 2.05) is 37.3 Å². The highest BCUT2D eigenvalue weighted by atomic mass is 16.5. The van der Waals surface area contributed by atoms with Gasteiger partial charge in [-0.3, -0.25) is 0 Å². The molecule has 0 saturated heterocycles. The van der Waals surface area contributed by atoms with Crippen LogP contribution in [0.25, 0.3) is 0 Å². The molecule has 94 valence electrons. The van der Waals surface area contributed by atoms with Crippen LogP contribution in [-0.2, 0) is 0 Å². The number of hydrogen-bond acceptors (Lipinski definition) is 3. The third-order valence-corrected chi connectivity index (χ3v) is 2.98. The number of pyridine rings is 1. The van der Waals surface area contributed by atoms with E-state index in [1.54, 1.807) is 6.20 Å². The molecule has 1 aromatic carbocycles. The van der Waals surface area contributed by atoms with Crippen LogP contribution < -0.4 is 10.5 Å². The molecule has 0 saturated carbocycles. The topological polar surface area (TPSA) is 48.1 Å². The average molecular weight is 242 g/mol. The average Bonchev–Trinajstić information content (AvgIpc) is 2.34. The Kier molecular flexibility index (Phi) is 3.63. The lowest BCUT2D eigenvalue weighted by Gasteiger charge is -2.12. The summed E-state index contributed by atoms with van der Waals surface area (Å²) in [6, 6.07) is 9.70. The molecule has 0 bridgehead atoms. The molecule has 0 fully saturated rings. The minimum Gasteiger partial charge on any atom is -0.439 e. The quantitative estimate of drug-likeness (QED) is 0.896. The number of aromatic nitrogens is 1. The van der Waals surface area contributed by atoms with Crippen LogP contribution in [0.1, 0.15) is 29.7 Å². The van der Waals surface area contributed by atoms with Crippen LogP contribution in [-0.4, -0.2) is 4.98 Å². The standard InChI is InChI=1S/C15H18N2O/c1-10-6-7-13(9-11(10)2)18-15-14(12(3)16)5-4-8-17-15/h4-9,12H,16H2,1-3H3/t12-/m0/s1. The van der Waals surface area contributed by atoms with Gasteiger partial charge in [0.15, 0.2) is 0 Å². The maximum absolute atomic E-state index is 5.90. The van der Waals surface area contributed by atoms with Crippen molar-refractivity contribution in [3.8, 4) is 11.6 Å². The Bertz CT molecular complexity index is 550. The van der Waals surface area contributed by atoms with Crippen molar-refractivity contribution < 1.29 is 4.74 Å². The molecular formula is C15H18N2O. The lowest BCUT2D eigenvalue weighted by molar-refractivity contribution is 0.451. The normalized spacial score (nSPS) is 12.2. The maximum atomic E-state index is 5.90. The second kappa shape index (κ2) is 5.19. The number of rotatable bonds is 3. The Morgan fingerprint density at radius 1 is 1.17 bits per heavy atom. The number of ether oxygens (including phenoxy) is 1. The first-order valence-electron chi connectivity index (χ1n) is 6.03. The van der Waals surface area contributed by atoms with Gasteiger partial charge in [-0.05, 0) is 50.1 Å². The lowest BCUT2D eigenvalue weighted by Crippen LogP contribution is -2.07. The fourth-order valence-corrected chi connectivity index (χ4v) is 1.72. The number of nitrogens with two attached hydrogens (primary N) is 1. The van der Waals surface area contributed by atoms with Crippen LogP contribution in [0.15, 0.2) is 36.5 Å². The van der Waals surface area contributed by atoms with Crippen molar-refractivity contribution in [2.24, 2.45) is 5.73 Å². The minimum absolute atomic E-state index is 0.0970. The molecule has 0 aliphatic heterocycles. The van der Waals surface area contributed by atoms with E-state index < -0.39 is 0 Å². The summed E-state index contributed by atoms with van der Waals surface area (Å²) < 4.78 is 5.82. The van der Waals surface area contributed by atoms with E-state index in [0.29, 0.717) is 5.88 Å². The van der Waals surface area contributed by atoms with E-state index in [-0.39, 0.29) is 6.04 Å². The van der Waals surface area contributed by atoms with E-state index in [1.165, 1.54) is 11.1 Å². The molecule has 3 heteroatoms. The summed E-state index contributed by atoms with van der Waals surface area (Å²) in [6.07, 6.45) is 1.71. The first kappa shape index (κ1) is 12.6. The second-order valence-electron chi connectivity index (χ2n) is 4.53. The van der Waals surface area contributed by atoms with E-state index in [4.69, 9.17) is 10.5 Å². The Morgan fingerprint density at radius 3 is 2.61 bits per heavy atom. The molecule has 0 spiro atoms. The van der Waals surface area contributed by atoms with Gasteiger partial charge in [-0.1, -0.05) is 12.1 Å². The highest BCUT2D eigenvalue weighted by Crippen LogP contribution is 2.27. The van der Waals surface area contributed by atoms with E-state index >= 15 is 0 Å². The van der Waals surface area contributed by atoms with Gasteiger partial charge in [0.2, 0.25) is 5.88 Å². The van der Waals surface area contributed by atoms with Gasteiger partial charge in [-0.15, -0.1) is 0 Å². The van der Waals surface area contributed by atoms with Gasteiger partial charge >= 0.3 is 0 Å². The number of benzene rings is 1. The van der Waals surface area contributed by atoms with Crippen molar-refractivity contribution in [2.75, 3.05) is 0 Å². The number of hydrogen-bond donors (Lipinski definition) is 1. The molecule has 2 rings (SSSR count). The van der Waals surface area contributed by atoms with Crippen molar-refractivity contribution in [3.05, 3.63) is 53.2 Å². The Morgan fingerprint density at radius 2 is 1.94 bits per heavy atom. The Labute approximate surface area is 108 Å². The van der Waals surface area contributed by atoms with Gasteiger partial charge in [0.1, 0.15) is 5.75 Å². The van der Waals surface area contributed by atoms with Crippen LogP contribution in [0.5, 0.6) is 11.6 Å². The van der Waals surface area contributed by atoms with Gasteiger partial charge in [0.05, 0.1) is 0 Å². The summed E-state index contributed by atoms with van der Waals surface area (Å²) in [4.78, 5) is 4.25. The maximum Gasteiger partial charge on any atom is 0.223 e. The SMILES string of the molecule is Cc1ccc(Oc2ncccc2[C@H](C)N)cc1C. The zero-order chi connectivity index (χ0) is 13.1. The molecule has 0 aliphatic rings. The van der Waals surface area contributed by atoms with Crippen molar-refractivity contribution in [1.29, 1.82) is 0 Å². The molecule has 1 heterocycles. The molecule has 0 unspecified atom stereocenters. The predicted molar refractivity (Wildman–Crippen MR) is 72.8 cm³/mol. The molecule has 1 atom stereocenters. The summed E-state index contributed by atoms with van der Waals surface area (Å²) in [5, 5.41) is 0. The van der Waals surface area contributed by atoms with Crippen molar-refractivity contribution in [3.63, 3.8) is 0 Å². The molecule has 2 N–H and O–H groups in total. The molecule has 1 aromatic heterocycles. The van der Waals surface area contributed by atoms with Gasteiger partial charge in [-0.25, -0.2) is 4.98 Å². The monoisotopic (exact) mass is 242 g/mol. The largest absolute Gasteiger partial charge is 0.439 e. The molecule has 0 amide bonds. The van der Waals surface area contributed by atoms with Gasteiger partial charge in [-0.2, -0.15) is 0 Å². The Balaban J connectivity index is 2.31. The highest BCUT2D eigenvalue weighted by molar-refractivity contribution is 5.38. The summed E-state index contributed by atoms with van der Waals surface area (Å²) in [5.41, 5.74) is 9.26. The molecular weight excluding hydrogens is 224 g/mol. The van der Waals surface area contributed by atoms with E-state index in [2.05, 4.69) is 18.8 Å². The smallest absolute Gasteiger partial charge is 0.223 e. The van der Waals surface area contributed by atoms with Gasteiger partial charge in [0, 0.05) is 17.8 Å². The summed E-state index contributed by atoms with van der Waals surface area (Å²) in [7, 11) is 0. The fraction of sp³-hybridized carbons (Fsp3) is 0.267. The van der Waals surface area contributed by atoms with Crippen LogP contribution in [0.3, 0.4) is 0 Å². The third-order valence-electron chi connectivity index (χ3n) is 2.98. The lowest BCUT2D eigenvalue weighted by atomic mass is 10.1. The Hall–Kier alpha value is -1.87. The van der Waals surface area contributed by atoms with Crippen molar-refractivity contribution in [1.82, 2.24) is 4.98 Å². The van der Waals surface area contributed by atoms with Gasteiger partial charge < -0.3 is 10.5 Å². The number of nitrogens with zero attached hydrogens (tertiary/aromatic N) is 1. The summed E-state index contributed by atoms with van der Waals surface area (Å²) in [6.45, 7) is 6.06. The third kappa shape index (κ3) is 2.68. The zero-order valence-corrected chi connectivity index (χ0v) is 11.0. The first-order valence-corrected chi connectivity index (χ1v) is 6.03. The summed E-state index contributed by atoms with van der Waals surface area (Å²) in [5.74, 6) is 1.37. The van der Waals surface area contributed by atoms with Crippen molar-refractivity contribution >= 4 is 0 Å². The van der Waals surface area contributed by atoms with Crippen LogP contribution >= 0.6 is 0 Å². The van der Waals surface area contributed by atoms with Gasteiger partial charge in [0.25, 0.3) is 0 Å². The van der Waals surface area contributed by atoms with E-state index in [0.717, 1.165) is 11.3 Å². The van der Waals surface area contributed by atoms with Crippen LogP contribution in [0, 0.1) is 13.8 Å². The molecule has 0 aliphatic carbocycles. The van der Waals surface area contributed by atoms with Crippen LogP contribution in [0.2, 0.25) is 0 Å². The van der Waals surface area contributed by atoms with E-state index in [9.17, 15) is 0 Å². The second-order valence-corrected chi connectivity index (χ2v) is 4.53. The number of aryl methyl sites for hydroxylation is 2. The highest BCUT2D eigenvalue weighted by Gasteiger charge is 2.09. The fourth-order valence-electron chi connectivity index (χ4n) is 1.72. The zero-order valence-electron chi connectivity index (χ0n) is 11.0. The molecule has 0 radical (unpaired) electrons. The molecule has 2 aromatic rings. The first-order chi connectivity index (χ1) is 8.58. The molecule has 3 nitrogen and oxygen atoms in total. The van der Waals surface area contributed by atoms with Crippen molar-refractivity contribution in [2.45, 2.75) is 26.8 Å².